The van der Waals surface area contributed by atoms with Gasteiger partial charge in [0.15, 0.2) is 5.13 Å². The third-order valence-corrected chi connectivity index (χ3v) is 5.16. The fraction of sp³-hybridized carbons (Fsp3) is 0.444. The summed E-state index contributed by atoms with van der Waals surface area (Å²) in [5.41, 5.74) is 1.92. The van der Waals surface area contributed by atoms with Crippen LogP contribution < -0.4 is 4.90 Å². The van der Waals surface area contributed by atoms with Crippen molar-refractivity contribution in [2.24, 2.45) is 5.92 Å². The fourth-order valence-electron chi connectivity index (χ4n) is 2.54. The molecule has 0 saturated heterocycles. The van der Waals surface area contributed by atoms with Crippen molar-refractivity contribution in [2.75, 3.05) is 32.1 Å². The van der Waals surface area contributed by atoms with Gasteiger partial charge >= 0.3 is 0 Å². The minimum absolute atomic E-state index is 0.201. The first-order valence-corrected chi connectivity index (χ1v) is 9.48. The van der Waals surface area contributed by atoms with Gasteiger partial charge < -0.3 is 4.90 Å². The molecule has 1 saturated carbocycles. The van der Waals surface area contributed by atoms with Crippen LogP contribution in [0.3, 0.4) is 0 Å². The molecule has 1 heterocycles. The predicted octanol–water partition coefficient (Wildman–Crippen LogP) is 4.16. The van der Waals surface area contributed by atoms with Crippen molar-refractivity contribution in [3.63, 3.8) is 0 Å². The molecule has 4 nitrogen and oxygen atoms in total. The Morgan fingerprint density at radius 2 is 1.96 bits per heavy atom. The Hall–Kier alpha value is -1.43. The first-order chi connectivity index (χ1) is 11.5. The van der Waals surface area contributed by atoms with Crippen molar-refractivity contribution in [1.29, 1.82) is 0 Å². The summed E-state index contributed by atoms with van der Waals surface area (Å²) in [6.45, 7) is 1.69. The lowest BCUT2D eigenvalue weighted by molar-refractivity contribution is -0.119. The van der Waals surface area contributed by atoms with Crippen molar-refractivity contribution in [1.82, 2.24) is 9.88 Å². The minimum atomic E-state index is 0.201. The molecular weight excluding hydrogens is 342 g/mol. The van der Waals surface area contributed by atoms with E-state index in [1.165, 1.54) is 11.3 Å². The molecule has 1 aromatic carbocycles. The summed E-state index contributed by atoms with van der Waals surface area (Å²) in [6, 6.07) is 7.64. The molecule has 1 aromatic heterocycles. The van der Waals surface area contributed by atoms with Gasteiger partial charge in [0.05, 0.1) is 5.69 Å². The van der Waals surface area contributed by atoms with Crippen LogP contribution >= 0.6 is 22.9 Å². The molecular formula is C18H22ClN3OS. The van der Waals surface area contributed by atoms with Gasteiger partial charge in [-0.15, -0.1) is 11.3 Å². The molecule has 0 spiro atoms. The molecule has 1 amide bonds. The third kappa shape index (κ3) is 4.35. The zero-order chi connectivity index (χ0) is 17.1. The van der Waals surface area contributed by atoms with Gasteiger partial charge in [0, 0.05) is 28.4 Å². The van der Waals surface area contributed by atoms with Crippen LogP contribution in [-0.2, 0) is 4.79 Å². The number of benzene rings is 1. The molecule has 0 N–H and O–H groups in total. The SMILES string of the molecule is CN(C)CCCN(C(=O)C1CC1)c1nc(-c2ccc(Cl)cc2)cs1. The van der Waals surface area contributed by atoms with E-state index in [-0.39, 0.29) is 11.8 Å². The van der Waals surface area contributed by atoms with Crippen molar-refractivity contribution in [3.8, 4) is 11.3 Å². The lowest BCUT2D eigenvalue weighted by Crippen LogP contribution is -2.34. The summed E-state index contributed by atoms with van der Waals surface area (Å²) in [5, 5.41) is 3.52. The Labute approximate surface area is 152 Å². The monoisotopic (exact) mass is 363 g/mol. The Morgan fingerprint density at radius 3 is 2.58 bits per heavy atom. The van der Waals surface area contributed by atoms with Gasteiger partial charge in [0.1, 0.15) is 0 Å². The van der Waals surface area contributed by atoms with E-state index in [0.717, 1.165) is 48.7 Å². The van der Waals surface area contributed by atoms with Gasteiger partial charge in [-0.05, 0) is 52.0 Å². The summed E-state index contributed by atoms with van der Waals surface area (Å²) in [4.78, 5) is 21.4. The number of halogens is 1. The molecule has 1 aliphatic carbocycles. The third-order valence-electron chi connectivity index (χ3n) is 4.04. The molecule has 0 radical (unpaired) electrons. The Morgan fingerprint density at radius 1 is 1.25 bits per heavy atom. The van der Waals surface area contributed by atoms with Crippen molar-refractivity contribution >= 4 is 34.0 Å². The molecule has 3 rings (SSSR count). The quantitative estimate of drug-likeness (QED) is 0.741. The molecule has 2 aromatic rings. The van der Waals surface area contributed by atoms with Crippen molar-refractivity contribution < 1.29 is 4.79 Å². The zero-order valence-electron chi connectivity index (χ0n) is 14.0. The smallest absolute Gasteiger partial charge is 0.231 e. The largest absolute Gasteiger partial charge is 0.309 e. The number of anilines is 1. The van der Waals surface area contributed by atoms with Crippen LogP contribution in [0.5, 0.6) is 0 Å². The predicted molar refractivity (Wildman–Crippen MR) is 101 cm³/mol. The Kier molecular flexibility index (Phi) is 5.54. The maximum Gasteiger partial charge on any atom is 0.231 e. The van der Waals surface area contributed by atoms with Crippen LogP contribution in [-0.4, -0.2) is 43.0 Å². The van der Waals surface area contributed by atoms with Gasteiger partial charge in [0.2, 0.25) is 5.91 Å². The van der Waals surface area contributed by atoms with Gasteiger partial charge in [-0.1, -0.05) is 23.7 Å². The minimum Gasteiger partial charge on any atom is -0.309 e. The molecule has 0 unspecified atom stereocenters. The van der Waals surface area contributed by atoms with Crippen LogP contribution in [0.15, 0.2) is 29.6 Å². The number of amides is 1. The highest BCUT2D eigenvalue weighted by Gasteiger charge is 2.34. The Balaban J connectivity index is 1.76. The van der Waals surface area contributed by atoms with Crippen LogP contribution in [0, 0.1) is 5.92 Å². The van der Waals surface area contributed by atoms with Gasteiger partial charge in [-0.25, -0.2) is 4.98 Å². The molecule has 0 atom stereocenters. The molecule has 0 aliphatic heterocycles. The van der Waals surface area contributed by atoms with Crippen LogP contribution in [0.25, 0.3) is 11.3 Å². The number of rotatable bonds is 7. The standard InChI is InChI=1S/C18H22ClN3OS/c1-21(2)10-3-11-22(17(23)14-4-5-14)18-20-16(12-24-18)13-6-8-15(19)9-7-13/h6-9,12,14H,3-5,10-11H2,1-2H3. The first-order valence-electron chi connectivity index (χ1n) is 8.22. The molecule has 6 heteroatoms. The number of aromatic nitrogens is 1. The molecule has 1 aliphatic rings. The average Bonchev–Trinajstić information content (AvgIpc) is 3.30. The highest BCUT2D eigenvalue weighted by Crippen LogP contribution is 2.35. The van der Waals surface area contributed by atoms with Crippen molar-refractivity contribution in [2.45, 2.75) is 19.3 Å². The topological polar surface area (TPSA) is 36.4 Å². The fourth-order valence-corrected chi connectivity index (χ4v) is 3.53. The lowest BCUT2D eigenvalue weighted by atomic mass is 10.2. The average molecular weight is 364 g/mol. The van der Waals surface area contributed by atoms with E-state index in [4.69, 9.17) is 16.6 Å². The second kappa shape index (κ2) is 7.64. The molecule has 24 heavy (non-hydrogen) atoms. The number of thiazole rings is 1. The second-order valence-electron chi connectivity index (χ2n) is 6.44. The molecule has 1 fully saturated rings. The maximum atomic E-state index is 12.6. The van der Waals surface area contributed by atoms with E-state index in [0.29, 0.717) is 5.02 Å². The maximum absolute atomic E-state index is 12.6. The summed E-state index contributed by atoms with van der Waals surface area (Å²) < 4.78 is 0. The van der Waals surface area contributed by atoms with E-state index >= 15 is 0 Å². The molecule has 0 bridgehead atoms. The summed E-state index contributed by atoms with van der Waals surface area (Å²) in [6.07, 6.45) is 2.97. The van der Waals surface area contributed by atoms with E-state index in [9.17, 15) is 4.79 Å². The van der Waals surface area contributed by atoms with Crippen LogP contribution in [0.4, 0.5) is 5.13 Å². The van der Waals surface area contributed by atoms with Crippen LogP contribution in [0.1, 0.15) is 19.3 Å². The van der Waals surface area contributed by atoms with E-state index in [2.05, 4.69) is 19.0 Å². The van der Waals surface area contributed by atoms with E-state index in [1.54, 1.807) is 0 Å². The summed E-state index contributed by atoms with van der Waals surface area (Å²) in [7, 11) is 4.10. The summed E-state index contributed by atoms with van der Waals surface area (Å²) in [5.74, 6) is 0.429. The highest BCUT2D eigenvalue weighted by molar-refractivity contribution is 7.14. The lowest BCUT2D eigenvalue weighted by Gasteiger charge is -2.21. The van der Waals surface area contributed by atoms with Gasteiger partial charge in [-0.3, -0.25) is 9.69 Å². The number of hydrogen-bond acceptors (Lipinski definition) is 4. The highest BCUT2D eigenvalue weighted by atomic mass is 35.5. The van der Waals surface area contributed by atoms with Gasteiger partial charge in [0.25, 0.3) is 0 Å². The van der Waals surface area contributed by atoms with Crippen LogP contribution in [0.2, 0.25) is 5.02 Å². The summed E-state index contributed by atoms with van der Waals surface area (Å²) >= 11 is 7.48. The normalized spacial score (nSPS) is 14.2. The number of hydrogen-bond donors (Lipinski definition) is 0. The first kappa shape index (κ1) is 17.4. The molecule has 128 valence electrons. The number of nitrogens with zero attached hydrogens (tertiary/aromatic N) is 3. The van der Waals surface area contributed by atoms with Crippen molar-refractivity contribution in [3.05, 3.63) is 34.7 Å². The second-order valence-corrected chi connectivity index (χ2v) is 7.72. The number of carbonyl (C=O) groups is 1. The van der Waals surface area contributed by atoms with E-state index in [1.807, 2.05) is 34.5 Å². The zero-order valence-corrected chi connectivity index (χ0v) is 15.6. The Bertz CT molecular complexity index is 695. The van der Waals surface area contributed by atoms with Gasteiger partial charge in [-0.2, -0.15) is 0 Å². The number of carbonyl (C=O) groups excluding carboxylic acids is 1. The van der Waals surface area contributed by atoms with E-state index < -0.39 is 0 Å².